The van der Waals surface area contributed by atoms with Crippen LogP contribution in [0.4, 0.5) is 0 Å². The molecule has 4 nitrogen and oxygen atoms in total. The van der Waals surface area contributed by atoms with Gasteiger partial charge in [0.05, 0.1) is 6.61 Å². The Morgan fingerprint density at radius 2 is 2.00 bits per heavy atom. The van der Waals surface area contributed by atoms with Gasteiger partial charge in [0.25, 0.3) is 0 Å². The van der Waals surface area contributed by atoms with Gasteiger partial charge in [-0.1, -0.05) is 45.0 Å². The summed E-state index contributed by atoms with van der Waals surface area (Å²) in [6.07, 6.45) is 1.21. The van der Waals surface area contributed by atoms with Gasteiger partial charge in [-0.15, -0.1) is 0 Å². The Labute approximate surface area is 128 Å². The van der Waals surface area contributed by atoms with Gasteiger partial charge in [0.1, 0.15) is 0 Å². The van der Waals surface area contributed by atoms with Crippen molar-refractivity contribution in [2.45, 2.75) is 52.8 Å². The first-order chi connectivity index (χ1) is 9.80. The van der Waals surface area contributed by atoms with E-state index in [2.05, 4.69) is 26.1 Å². The van der Waals surface area contributed by atoms with Crippen LogP contribution in [0.1, 0.15) is 44.7 Å². The Morgan fingerprint density at radius 3 is 2.62 bits per heavy atom. The van der Waals surface area contributed by atoms with Crippen LogP contribution in [0.25, 0.3) is 0 Å². The number of rotatable bonds is 7. The van der Waals surface area contributed by atoms with Crippen molar-refractivity contribution in [1.29, 1.82) is 0 Å². The molecule has 0 aliphatic heterocycles. The van der Waals surface area contributed by atoms with E-state index < -0.39 is 0 Å². The predicted molar refractivity (Wildman–Crippen MR) is 85.7 cm³/mol. The third-order valence-electron chi connectivity index (χ3n) is 3.11. The zero-order valence-electron chi connectivity index (χ0n) is 13.6. The maximum Gasteiger partial charge on any atom is 0.221 e. The minimum atomic E-state index is -0.0928. The van der Waals surface area contributed by atoms with Gasteiger partial charge in [0, 0.05) is 26.1 Å². The molecule has 3 N–H and O–H groups in total. The Bertz CT molecular complexity index is 452. The van der Waals surface area contributed by atoms with Crippen molar-refractivity contribution in [3.05, 3.63) is 35.4 Å². The van der Waals surface area contributed by atoms with Gasteiger partial charge in [-0.2, -0.15) is 0 Å². The maximum absolute atomic E-state index is 11.9. The van der Waals surface area contributed by atoms with Crippen LogP contribution in [-0.4, -0.2) is 19.1 Å². The van der Waals surface area contributed by atoms with Gasteiger partial charge >= 0.3 is 0 Å². The second-order valence-corrected chi connectivity index (χ2v) is 6.76. The van der Waals surface area contributed by atoms with Crippen LogP contribution in [0.2, 0.25) is 0 Å². The lowest BCUT2D eigenvalue weighted by molar-refractivity contribution is -0.121. The van der Waals surface area contributed by atoms with Crippen LogP contribution in [0.3, 0.4) is 0 Å². The molecule has 0 saturated heterocycles. The number of hydrogen-bond donors (Lipinski definition) is 2. The zero-order valence-corrected chi connectivity index (χ0v) is 13.6. The molecule has 1 aromatic carbocycles. The molecule has 1 atom stereocenters. The van der Waals surface area contributed by atoms with E-state index in [0.717, 1.165) is 17.5 Å². The summed E-state index contributed by atoms with van der Waals surface area (Å²) < 4.78 is 5.10. The van der Waals surface area contributed by atoms with E-state index in [9.17, 15) is 4.79 Å². The molecule has 1 unspecified atom stereocenters. The first kappa shape index (κ1) is 17.7. The van der Waals surface area contributed by atoms with Crippen molar-refractivity contribution >= 4 is 5.91 Å². The molecule has 0 spiro atoms. The lowest BCUT2D eigenvalue weighted by atomic mass is 9.87. The molecule has 0 heterocycles. The van der Waals surface area contributed by atoms with Crippen molar-refractivity contribution < 1.29 is 9.53 Å². The number of carbonyl (C=O) groups excluding carboxylic acids is 1. The normalized spacial score (nSPS) is 13.0. The molecule has 1 aromatic rings. The Morgan fingerprint density at radius 1 is 1.33 bits per heavy atom. The number of nitrogens with two attached hydrogens (primary N) is 1. The van der Waals surface area contributed by atoms with Crippen molar-refractivity contribution in [3.63, 3.8) is 0 Å². The number of nitrogens with one attached hydrogen (secondary N) is 1. The van der Waals surface area contributed by atoms with E-state index in [4.69, 9.17) is 10.5 Å². The topological polar surface area (TPSA) is 64.3 Å². The molecule has 0 aromatic heterocycles. The molecule has 0 fully saturated rings. The first-order valence-electron chi connectivity index (χ1n) is 7.39. The number of methoxy groups -OCH3 is 1. The van der Waals surface area contributed by atoms with Crippen molar-refractivity contribution in [1.82, 2.24) is 5.32 Å². The molecule has 0 bridgehead atoms. The zero-order chi connectivity index (χ0) is 15.9. The first-order valence-corrected chi connectivity index (χ1v) is 7.39. The maximum atomic E-state index is 11.9. The summed E-state index contributed by atoms with van der Waals surface area (Å²) >= 11 is 0. The summed E-state index contributed by atoms with van der Waals surface area (Å²) in [5.74, 6) is 0.00361. The van der Waals surface area contributed by atoms with Crippen molar-refractivity contribution in [3.8, 4) is 0 Å². The van der Waals surface area contributed by atoms with Crippen LogP contribution in [0, 0.1) is 5.41 Å². The molecular formula is C17H28N2O2. The number of benzene rings is 1. The Balaban J connectivity index is 2.40. The van der Waals surface area contributed by atoms with Crippen LogP contribution in [0.15, 0.2) is 24.3 Å². The second-order valence-electron chi connectivity index (χ2n) is 6.76. The summed E-state index contributed by atoms with van der Waals surface area (Å²) in [5.41, 5.74) is 8.34. The average molecular weight is 292 g/mol. The van der Waals surface area contributed by atoms with E-state index in [-0.39, 0.29) is 17.4 Å². The number of carbonyl (C=O) groups is 1. The Kier molecular flexibility index (Phi) is 6.85. The van der Waals surface area contributed by atoms with E-state index in [1.165, 1.54) is 0 Å². The highest BCUT2D eigenvalue weighted by Gasteiger charge is 2.17. The van der Waals surface area contributed by atoms with Crippen LogP contribution >= 0.6 is 0 Å². The molecule has 118 valence electrons. The molecule has 1 rings (SSSR count). The molecule has 4 heteroatoms. The highest BCUT2D eigenvalue weighted by atomic mass is 16.5. The fourth-order valence-electron chi connectivity index (χ4n) is 2.37. The van der Waals surface area contributed by atoms with Crippen LogP contribution in [0.5, 0.6) is 0 Å². The molecule has 0 saturated carbocycles. The van der Waals surface area contributed by atoms with Crippen LogP contribution < -0.4 is 11.1 Å². The minimum absolute atomic E-state index is 0.00361. The fourth-order valence-corrected chi connectivity index (χ4v) is 2.37. The lowest BCUT2D eigenvalue weighted by Gasteiger charge is -2.22. The molecule has 0 aliphatic carbocycles. The minimum Gasteiger partial charge on any atom is -0.380 e. The second kappa shape index (κ2) is 8.15. The summed E-state index contributed by atoms with van der Waals surface area (Å²) in [5, 5.41) is 2.93. The molecule has 21 heavy (non-hydrogen) atoms. The molecular weight excluding hydrogens is 264 g/mol. The van der Waals surface area contributed by atoms with Gasteiger partial charge in [-0.25, -0.2) is 0 Å². The lowest BCUT2D eigenvalue weighted by Crippen LogP contribution is -2.34. The van der Waals surface area contributed by atoms with Gasteiger partial charge in [-0.3, -0.25) is 4.79 Å². The monoisotopic (exact) mass is 292 g/mol. The van der Waals surface area contributed by atoms with Gasteiger partial charge in [0.15, 0.2) is 0 Å². The standard InChI is InChI=1S/C17H28N2O2/c1-17(2,3)10-15(18)9-16(20)19-11-13-6-5-7-14(8-13)12-21-4/h5-8,15H,9-12,18H2,1-4H3,(H,19,20). The fraction of sp³-hybridized carbons (Fsp3) is 0.588. The SMILES string of the molecule is COCc1cccc(CNC(=O)CC(N)CC(C)(C)C)c1. The summed E-state index contributed by atoms with van der Waals surface area (Å²) in [6.45, 7) is 7.50. The molecule has 1 amide bonds. The third kappa shape index (κ3) is 7.83. The molecule has 0 radical (unpaired) electrons. The van der Waals surface area contributed by atoms with Gasteiger partial charge in [-0.05, 0) is 23.0 Å². The van der Waals surface area contributed by atoms with Gasteiger partial charge < -0.3 is 15.8 Å². The summed E-state index contributed by atoms with van der Waals surface area (Å²) in [6, 6.07) is 7.92. The Hall–Kier alpha value is -1.39. The highest BCUT2D eigenvalue weighted by Crippen LogP contribution is 2.20. The summed E-state index contributed by atoms with van der Waals surface area (Å²) in [7, 11) is 1.67. The average Bonchev–Trinajstić information content (AvgIpc) is 2.35. The van der Waals surface area contributed by atoms with Crippen molar-refractivity contribution in [2.24, 2.45) is 11.1 Å². The van der Waals surface area contributed by atoms with Crippen LogP contribution in [-0.2, 0) is 22.7 Å². The van der Waals surface area contributed by atoms with E-state index in [0.29, 0.717) is 19.6 Å². The third-order valence-corrected chi connectivity index (χ3v) is 3.11. The van der Waals surface area contributed by atoms with Gasteiger partial charge in [0.2, 0.25) is 5.91 Å². The number of amides is 1. The smallest absolute Gasteiger partial charge is 0.221 e. The number of ether oxygens (including phenoxy) is 1. The quantitative estimate of drug-likeness (QED) is 0.812. The predicted octanol–water partition coefficient (Wildman–Crippen LogP) is 2.60. The molecule has 0 aliphatic rings. The summed E-state index contributed by atoms with van der Waals surface area (Å²) in [4.78, 5) is 11.9. The highest BCUT2D eigenvalue weighted by molar-refractivity contribution is 5.76. The van der Waals surface area contributed by atoms with E-state index >= 15 is 0 Å². The number of hydrogen-bond acceptors (Lipinski definition) is 3. The van der Waals surface area contributed by atoms with E-state index in [1.807, 2.05) is 24.3 Å². The van der Waals surface area contributed by atoms with E-state index in [1.54, 1.807) is 7.11 Å². The van der Waals surface area contributed by atoms with Crippen molar-refractivity contribution in [2.75, 3.05) is 7.11 Å². The largest absolute Gasteiger partial charge is 0.380 e.